The molecular weight excluding hydrogens is 159 g/mol. The second-order valence-electron chi connectivity index (χ2n) is 2.51. The Morgan fingerprint density at radius 1 is 1.67 bits per heavy atom. The van der Waals surface area contributed by atoms with Crippen molar-refractivity contribution < 1.29 is 9.50 Å². The molecule has 1 heterocycles. The van der Waals surface area contributed by atoms with Gasteiger partial charge < -0.3 is 10.8 Å². The molecule has 0 aliphatic heterocycles. The summed E-state index contributed by atoms with van der Waals surface area (Å²) in [6, 6.07) is 1.53. The first-order valence-electron chi connectivity index (χ1n) is 3.70. The van der Waals surface area contributed by atoms with Crippen molar-refractivity contribution in [2.24, 2.45) is 5.73 Å². The quantitative estimate of drug-likeness (QED) is 0.683. The molecule has 0 saturated carbocycles. The first-order valence-corrected chi connectivity index (χ1v) is 3.70. The van der Waals surface area contributed by atoms with Crippen LogP contribution in [-0.2, 0) is 0 Å². The Balaban J connectivity index is 2.92. The molecule has 1 aromatic heterocycles. The van der Waals surface area contributed by atoms with E-state index in [0.717, 1.165) is 6.20 Å². The first kappa shape index (κ1) is 9.09. The summed E-state index contributed by atoms with van der Waals surface area (Å²) in [5.41, 5.74) is 5.76. The van der Waals surface area contributed by atoms with Crippen molar-refractivity contribution in [3.8, 4) is 0 Å². The van der Waals surface area contributed by atoms with Gasteiger partial charge >= 0.3 is 0 Å². The Hall–Kier alpha value is -1.00. The fourth-order valence-corrected chi connectivity index (χ4v) is 1.02. The number of aliphatic hydroxyl groups is 1. The number of aromatic nitrogens is 1. The Labute approximate surface area is 70.0 Å². The van der Waals surface area contributed by atoms with Crippen LogP contribution in [-0.4, -0.2) is 23.2 Å². The van der Waals surface area contributed by atoms with E-state index in [0.29, 0.717) is 5.56 Å². The van der Waals surface area contributed by atoms with Crippen molar-refractivity contribution in [2.45, 2.75) is 5.92 Å². The van der Waals surface area contributed by atoms with Gasteiger partial charge in [-0.2, -0.15) is 0 Å². The molecule has 12 heavy (non-hydrogen) atoms. The Kier molecular flexibility index (Phi) is 3.13. The van der Waals surface area contributed by atoms with E-state index in [4.69, 9.17) is 10.8 Å². The van der Waals surface area contributed by atoms with Crippen molar-refractivity contribution >= 4 is 0 Å². The molecule has 1 aromatic rings. The standard InChI is InChI=1S/C8H11FN2O/c9-8-4-11-2-1-7(8)6(3-10)5-12/h1-2,4,6,12H,3,5,10H2. The number of aliphatic hydroxyl groups excluding tert-OH is 1. The monoisotopic (exact) mass is 170 g/mol. The molecule has 1 unspecified atom stereocenters. The van der Waals surface area contributed by atoms with Gasteiger partial charge in [0.25, 0.3) is 0 Å². The lowest BCUT2D eigenvalue weighted by Crippen LogP contribution is -2.17. The Bertz CT molecular complexity index is 251. The second-order valence-corrected chi connectivity index (χ2v) is 2.51. The third kappa shape index (κ3) is 1.78. The zero-order valence-electron chi connectivity index (χ0n) is 6.57. The van der Waals surface area contributed by atoms with Gasteiger partial charge in [-0.15, -0.1) is 0 Å². The summed E-state index contributed by atoms with van der Waals surface area (Å²) in [6.07, 6.45) is 2.60. The van der Waals surface area contributed by atoms with Gasteiger partial charge in [0.05, 0.1) is 12.8 Å². The van der Waals surface area contributed by atoms with Gasteiger partial charge in [-0.05, 0) is 11.6 Å². The van der Waals surface area contributed by atoms with Gasteiger partial charge in [-0.1, -0.05) is 0 Å². The summed E-state index contributed by atoms with van der Waals surface area (Å²) in [5, 5.41) is 8.84. The van der Waals surface area contributed by atoms with Crippen LogP contribution in [0.1, 0.15) is 11.5 Å². The molecule has 0 aliphatic carbocycles. The maximum absolute atomic E-state index is 13.0. The SMILES string of the molecule is NCC(CO)c1ccncc1F. The number of hydrogen-bond donors (Lipinski definition) is 2. The zero-order chi connectivity index (χ0) is 8.97. The summed E-state index contributed by atoms with van der Waals surface area (Å²) in [5.74, 6) is -0.741. The molecule has 0 fully saturated rings. The third-order valence-electron chi connectivity index (χ3n) is 1.75. The highest BCUT2D eigenvalue weighted by molar-refractivity contribution is 5.18. The smallest absolute Gasteiger partial charge is 0.145 e. The lowest BCUT2D eigenvalue weighted by molar-refractivity contribution is 0.265. The largest absolute Gasteiger partial charge is 0.396 e. The Morgan fingerprint density at radius 2 is 2.42 bits per heavy atom. The Morgan fingerprint density at radius 3 is 2.92 bits per heavy atom. The predicted molar refractivity (Wildman–Crippen MR) is 43.1 cm³/mol. The molecule has 0 aliphatic rings. The molecule has 0 spiro atoms. The summed E-state index contributed by atoms with van der Waals surface area (Å²) in [4.78, 5) is 3.60. The number of nitrogens with zero attached hydrogens (tertiary/aromatic N) is 1. The maximum atomic E-state index is 13.0. The zero-order valence-corrected chi connectivity index (χ0v) is 6.57. The number of rotatable bonds is 3. The van der Waals surface area contributed by atoms with Gasteiger partial charge in [0.1, 0.15) is 5.82 Å². The van der Waals surface area contributed by atoms with E-state index >= 15 is 0 Å². The predicted octanol–water partition coefficient (Wildman–Crippen LogP) is 0.255. The molecule has 1 rings (SSSR count). The molecular formula is C8H11FN2O. The summed E-state index contributed by atoms with van der Waals surface area (Å²) in [7, 11) is 0. The molecule has 3 N–H and O–H groups in total. The maximum Gasteiger partial charge on any atom is 0.145 e. The van der Waals surface area contributed by atoms with Crippen LogP contribution in [0.4, 0.5) is 4.39 Å². The van der Waals surface area contributed by atoms with E-state index in [-0.39, 0.29) is 19.1 Å². The van der Waals surface area contributed by atoms with Crippen LogP contribution in [0.15, 0.2) is 18.5 Å². The number of nitrogens with two attached hydrogens (primary N) is 1. The average Bonchev–Trinajstić information content (AvgIpc) is 2.10. The van der Waals surface area contributed by atoms with Crippen LogP contribution < -0.4 is 5.73 Å². The molecule has 0 radical (unpaired) electrons. The number of pyridine rings is 1. The van der Waals surface area contributed by atoms with Gasteiger partial charge in [-0.25, -0.2) is 4.39 Å². The van der Waals surface area contributed by atoms with E-state index in [1.165, 1.54) is 12.3 Å². The lowest BCUT2D eigenvalue weighted by Gasteiger charge is -2.11. The van der Waals surface area contributed by atoms with E-state index in [1.54, 1.807) is 0 Å². The van der Waals surface area contributed by atoms with Crippen molar-refractivity contribution in [3.05, 3.63) is 29.8 Å². The highest BCUT2D eigenvalue weighted by Gasteiger charge is 2.12. The lowest BCUT2D eigenvalue weighted by atomic mass is 10.0. The van der Waals surface area contributed by atoms with Crippen LogP contribution in [0.2, 0.25) is 0 Å². The van der Waals surface area contributed by atoms with E-state index in [2.05, 4.69) is 4.98 Å². The molecule has 1 atom stereocenters. The highest BCUT2D eigenvalue weighted by atomic mass is 19.1. The van der Waals surface area contributed by atoms with Gasteiger partial charge in [-0.3, -0.25) is 4.98 Å². The van der Waals surface area contributed by atoms with Gasteiger partial charge in [0.2, 0.25) is 0 Å². The third-order valence-corrected chi connectivity index (χ3v) is 1.75. The minimum Gasteiger partial charge on any atom is -0.396 e. The fraction of sp³-hybridized carbons (Fsp3) is 0.375. The fourth-order valence-electron chi connectivity index (χ4n) is 1.02. The molecule has 0 aromatic carbocycles. The molecule has 0 saturated heterocycles. The molecule has 66 valence electrons. The second kappa shape index (κ2) is 4.13. The first-order chi connectivity index (χ1) is 5.79. The average molecular weight is 170 g/mol. The van der Waals surface area contributed by atoms with E-state index in [9.17, 15) is 4.39 Å². The summed E-state index contributed by atoms with van der Waals surface area (Å²) in [6.45, 7) is 0.0921. The van der Waals surface area contributed by atoms with Crippen molar-refractivity contribution in [1.82, 2.24) is 4.98 Å². The summed E-state index contributed by atoms with van der Waals surface area (Å²) >= 11 is 0. The van der Waals surface area contributed by atoms with Crippen LogP contribution in [0, 0.1) is 5.82 Å². The summed E-state index contributed by atoms with van der Waals surface area (Å²) < 4.78 is 13.0. The van der Waals surface area contributed by atoms with Crippen LogP contribution >= 0.6 is 0 Å². The van der Waals surface area contributed by atoms with Crippen LogP contribution in [0.5, 0.6) is 0 Å². The molecule has 0 amide bonds. The van der Waals surface area contributed by atoms with Crippen molar-refractivity contribution in [3.63, 3.8) is 0 Å². The van der Waals surface area contributed by atoms with Crippen molar-refractivity contribution in [1.29, 1.82) is 0 Å². The van der Waals surface area contributed by atoms with Crippen LogP contribution in [0.25, 0.3) is 0 Å². The van der Waals surface area contributed by atoms with E-state index in [1.807, 2.05) is 0 Å². The number of hydrogen-bond acceptors (Lipinski definition) is 3. The van der Waals surface area contributed by atoms with Gasteiger partial charge in [0, 0.05) is 18.7 Å². The van der Waals surface area contributed by atoms with Crippen LogP contribution in [0.3, 0.4) is 0 Å². The topological polar surface area (TPSA) is 59.1 Å². The molecule has 3 nitrogen and oxygen atoms in total. The minimum absolute atomic E-state index is 0.141. The minimum atomic E-state index is -0.415. The van der Waals surface area contributed by atoms with E-state index < -0.39 is 5.82 Å². The molecule has 0 bridgehead atoms. The highest BCUT2D eigenvalue weighted by Crippen LogP contribution is 2.15. The number of halogens is 1. The molecule has 4 heteroatoms. The normalized spacial score (nSPS) is 12.9. The van der Waals surface area contributed by atoms with Crippen molar-refractivity contribution in [2.75, 3.05) is 13.2 Å². The van der Waals surface area contributed by atoms with Gasteiger partial charge in [0.15, 0.2) is 0 Å².